The molecule has 1 aromatic carbocycles. The molecule has 1 rings (SSSR count). The van der Waals surface area contributed by atoms with E-state index in [-0.39, 0.29) is 11.9 Å². The molecule has 0 aliphatic rings. The second-order valence-corrected chi connectivity index (χ2v) is 6.35. The number of nitrogens with one attached hydrogen (secondary N) is 1. The van der Waals surface area contributed by atoms with Gasteiger partial charge in [0, 0.05) is 0 Å². The fraction of sp³-hybridized carbons (Fsp3) is 0.588. The molecule has 1 amide bonds. The molecular formula is C17H28N2OS. The average Bonchev–Trinajstić information content (AvgIpc) is 2.53. The summed E-state index contributed by atoms with van der Waals surface area (Å²) in [5.41, 5.74) is 7.15. The zero-order chi connectivity index (χ0) is 15.7. The molecule has 118 valence electrons. The zero-order valence-corrected chi connectivity index (χ0v) is 14.2. The number of thioether (sulfide) groups is 1. The van der Waals surface area contributed by atoms with Crippen LogP contribution in [0.2, 0.25) is 0 Å². The summed E-state index contributed by atoms with van der Waals surface area (Å²) in [5, 5.41) is 3.17. The quantitative estimate of drug-likeness (QED) is 0.735. The van der Waals surface area contributed by atoms with E-state index in [0.29, 0.717) is 5.92 Å². The minimum atomic E-state index is -0.418. The number of carbonyl (C=O) groups is 1. The van der Waals surface area contributed by atoms with Crippen LogP contribution in [-0.2, 0) is 4.79 Å². The van der Waals surface area contributed by atoms with E-state index in [4.69, 9.17) is 5.73 Å². The van der Waals surface area contributed by atoms with Gasteiger partial charge >= 0.3 is 0 Å². The Labute approximate surface area is 133 Å². The van der Waals surface area contributed by atoms with Crippen LogP contribution < -0.4 is 11.1 Å². The van der Waals surface area contributed by atoms with Crippen LogP contribution in [-0.4, -0.2) is 24.0 Å². The van der Waals surface area contributed by atoms with Gasteiger partial charge < -0.3 is 11.1 Å². The summed E-state index contributed by atoms with van der Waals surface area (Å²) in [4.78, 5) is 12.3. The van der Waals surface area contributed by atoms with Gasteiger partial charge in [0.1, 0.15) is 0 Å². The maximum Gasteiger partial charge on any atom is 0.237 e. The Morgan fingerprint density at radius 1 is 1.24 bits per heavy atom. The molecule has 0 aliphatic heterocycles. The topological polar surface area (TPSA) is 55.1 Å². The molecule has 3 nitrogen and oxygen atoms in total. The number of rotatable bonds is 9. The predicted molar refractivity (Wildman–Crippen MR) is 92.4 cm³/mol. The van der Waals surface area contributed by atoms with Gasteiger partial charge in [0.2, 0.25) is 5.91 Å². The number of amides is 1. The number of nitrogens with two attached hydrogens (primary N) is 1. The van der Waals surface area contributed by atoms with Crippen molar-refractivity contribution in [2.24, 2.45) is 11.7 Å². The van der Waals surface area contributed by atoms with Crippen molar-refractivity contribution in [1.82, 2.24) is 5.32 Å². The molecule has 0 aliphatic carbocycles. The van der Waals surface area contributed by atoms with Gasteiger partial charge in [-0.1, -0.05) is 57.0 Å². The SMILES string of the molecule is CCC(CC)C(NC(=O)[C@H](N)CCSC)c1ccccc1. The van der Waals surface area contributed by atoms with Crippen LogP contribution in [0.1, 0.15) is 44.7 Å². The highest BCUT2D eigenvalue weighted by atomic mass is 32.2. The predicted octanol–water partition coefficient (Wildman–Crippen LogP) is 3.36. The molecule has 0 saturated heterocycles. The first kappa shape index (κ1) is 18.1. The lowest BCUT2D eigenvalue weighted by Crippen LogP contribution is -2.44. The molecule has 1 unspecified atom stereocenters. The highest BCUT2D eigenvalue weighted by molar-refractivity contribution is 7.98. The fourth-order valence-electron chi connectivity index (χ4n) is 2.53. The van der Waals surface area contributed by atoms with E-state index >= 15 is 0 Å². The van der Waals surface area contributed by atoms with Gasteiger partial charge in [0.15, 0.2) is 0 Å². The molecule has 0 saturated carbocycles. The van der Waals surface area contributed by atoms with Crippen molar-refractivity contribution >= 4 is 17.7 Å². The van der Waals surface area contributed by atoms with Gasteiger partial charge in [-0.25, -0.2) is 0 Å². The lowest BCUT2D eigenvalue weighted by atomic mass is 9.88. The Morgan fingerprint density at radius 2 is 1.86 bits per heavy atom. The van der Waals surface area contributed by atoms with Crippen LogP contribution in [0.15, 0.2) is 30.3 Å². The molecule has 0 spiro atoms. The molecule has 2 atom stereocenters. The minimum Gasteiger partial charge on any atom is -0.348 e. The molecule has 3 N–H and O–H groups in total. The van der Waals surface area contributed by atoms with E-state index in [1.807, 2.05) is 24.5 Å². The monoisotopic (exact) mass is 308 g/mol. The fourth-order valence-corrected chi connectivity index (χ4v) is 3.02. The maximum absolute atomic E-state index is 12.3. The lowest BCUT2D eigenvalue weighted by molar-refractivity contribution is -0.123. The highest BCUT2D eigenvalue weighted by Crippen LogP contribution is 2.27. The molecule has 1 aromatic rings. The minimum absolute atomic E-state index is 0.0372. The van der Waals surface area contributed by atoms with E-state index in [2.05, 4.69) is 31.3 Å². The molecule has 4 heteroatoms. The van der Waals surface area contributed by atoms with Crippen molar-refractivity contribution in [3.8, 4) is 0 Å². The molecule has 0 heterocycles. The highest BCUT2D eigenvalue weighted by Gasteiger charge is 2.24. The molecule has 0 fully saturated rings. The van der Waals surface area contributed by atoms with Gasteiger partial charge in [0.05, 0.1) is 12.1 Å². The zero-order valence-electron chi connectivity index (χ0n) is 13.3. The first-order valence-corrected chi connectivity index (χ1v) is 9.13. The van der Waals surface area contributed by atoms with Crippen LogP contribution in [0.5, 0.6) is 0 Å². The van der Waals surface area contributed by atoms with Crippen molar-refractivity contribution in [2.75, 3.05) is 12.0 Å². The summed E-state index contributed by atoms with van der Waals surface area (Å²) < 4.78 is 0. The Hall–Kier alpha value is -1.00. The Balaban J connectivity index is 2.80. The third-order valence-electron chi connectivity index (χ3n) is 3.95. The Morgan fingerprint density at radius 3 is 2.38 bits per heavy atom. The smallest absolute Gasteiger partial charge is 0.237 e. The Kier molecular flexibility index (Phi) is 8.47. The Bertz CT molecular complexity index is 407. The molecule has 21 heavy (non-hydrogen) atoms. The normalized spacial score (nSPS) is 14.0. The molecule has 0 aromatic heterocycles. The van der Waals surface area contributed by atoms with Crippen LogP contribution >= 0.6 is 11.8 Å². The van der Waals surface area contributed by atoms with E-state index in [0.717, 1.165) is 30.6 Å². The third kappa shape index (κ3) is 5.71. The number of carbonyl (C=O) groups excluding carboxylic acids is 1. The largest absolute Gasteiger partial charge is 0.348 e. The summed E-state index contributed by atoms with van der Waals surface area (Å²) in [6.45, 7) is 4.34. The average molecular weight is 308 g/mol. The first-order chi connectivity index (χ1) is 10.1. The summed E-state index contributed by atoms with van der Waals surface area (Å²) in [5.74, 6) is 1.31. The van der Waals surface area contributed by atoms with E-state index < -0.39 is 6.04 Å². The third-order valence-corrected chi connectivity index (χ3v) is 4.59. The van der Waals surface area contributed by atoms with Crippen molar-refractivity contribution in [3.63, 3.8) is 0 Å². The molecular weight excluding hydrogens is 280 g/mol. The van der Waals surface area contributed by atoms with Crippen LogP contribution in [0.3, 0.4) is 0 Å². The lowest BCUT2D eigenvalue weighted by Gasteiger charge is -2.28. The molecule has 0 bridgehead atoms. The van der Waals surface area contributed by atoms with Gasteiger partial charge in [0.25, 0.3) is 0 Å². The van der Waals surface area contributed by atoms with Crippen LogP contribution in [0.4, 0.5) is 0 Å². The summed E-state index contributed by atoms with van der Waals surface area (Å²) in [6, 6.07) is 9.83. The molecule has 0 radical (unpaired) electrons. The van der Waals surface area contributed by atoms with Crippen LogP contribution in [0.25, 0.3) is 0 Å². The van der Waals surface area contributed by atoms with Crippen molar-refractivity contribution < 1.29 is 4.79 Å². The van der Waals surface area contributed by atoms with Crippen molar-refractivity contribution in [1.29, 1.82) is 0 Å². The summed E-state index contributed by atoms with van der Waals surface area (Å²) in [6.07, 6.45) is 4.83. The number of hydrogen-bond acceptors (Lipinski definition) is 3. The van der Waals surface area contributed by atoms with Gasteiger partial charge in [-0.05, 0) is 29.9 Å². The standard InChI is InChI=1S/C17H28N2OS/c1-4-13(5-2)16(14-9-7-6-8-10-14)19-17(20)15(18)11-12-21-3/h6-10,13,15-16H,4-5,11-12,18H2,1-3H3,(H,19,20)/t15-,16?/m1/s1. The second kappa shape index (κ2) is 9.85. The number of hydrogen-bond donors (Lipinski definition) is 2. The van der Waals surface area contributed by atoms with Gasteiger partial charge in [-0.15, -0.1) is 0 Å². The van der Waals surface area contributed by atoms with Gasteiger partial charge in [-0.2, -0.15) is 11.8 Å². The van der Waals surface area contributed by atoms with Crippen molar-refractivity contribution in [2.45, 2.75) is 45.2 Å². The van der Waals surface area contributed by atoms with Crippen molar-refractivity contribution in [3.05, 3.63) is 35.9 Å². The summed E-state index contributed by atoms with van der Waals surface area (Å²) >= 11 is 1.72. The van der Waals surface area contributed by atoms with E-state index in [1.165, 1.54) is 0 Å². The van der Waals surface area contributed by atoms with Gasteiger partial charge in [-0.3, -0.25) is 4.79 Å². The second-order valence-electron chi connectivity index (χ2n) is 5.36. The summed E-state index contributed by atoms with van der Waals surface area (Å²) in [7, 11) is 0. The van der Waals surface area contributed by atoms with Crippen LogP contribution in [0, 0.1) is 5.92 Å². The van der Waals surface area contributed by atoms with E-state index in [9.17, 15) is 4.79 Å². The maximum atomic E-state index is 12.3. The first-order valence-electron chi connectivity index (χ1n) is 7.73. The number of benzene rings is 1. The van der Waals surface area contributed by atoms with E-state index in [1.54, 1.807) is 11.8 Å².